The molecule has 0 aliphatic rings. The number of benzene rings is 1. The van der Waals surface area contributed by atoms with E-state index in [0.29, 0.717) is 15.9 Å². The summed E-state index contributed by atoms with van der Waals surface area (Å²) in [7, 11) is 0. The maximum absolute atomic E-state index is 12.0. The Kier molecular flexibility index (Phi) is 4.81. The van der Waals surface area contributed by atoms with Gasteiger partial charge in [0.2, 0.25) is 0 Å². The van der Waals surface area contributed by atoms with Crippen LogP contribution in [-0.4, -0.2) is 16.0 Å². The molecule has 6 heteroatoms. The molecule has 2 aromatic rings. The van der Waals surface area contributed by atoms with Gasteiger partial charge in [0.25, 0.3) is 5.91 Å². The molecule has 0 saturated carbocycles. The van der Waals surface area contributed by atoms with Crippen LogP contribution in [0, 0.1) is 6.92 Å². The van der Waals surface area contributed by atoms with Crippen LogP contribution >= 0.6 is 28.1 Å². The Bertz CT molecular complexity index is 660. The van der Waals surface area contributed by atoms with E-state index in [1.807, 2.05) is 25.1 Å². The van der Waals surface area contributed by atoms with E-state index in [0.717, 1.165) is 5.56 Å². The largest absolute Gasteiger partial charge is 0.317 e. The molecular formula is C14H12BrN3OS. The Labute approximate surface area is 130 Å². The van der Waals surface area contributed by atoms with Gasteiger partial charge in [0.05, 0.1) is 5.56 Å². The zero-order valence-corrected chi connectivity index (χ0v) is 13.1. The number of amides is 1. The highest BCUT2D eigenvalue weighted by Gasteiger charge is 2.11. The molecule has 1 aromatic heterocycles. The topological polar surface area (TPSA) is 54.0 Å². The molecule has 0 bridgehead atoms. The monoisotopic (exact) mass is 349 g/mol. The maximum Gasteiger partial charge on any atom is 0.258 e. The molecule has 0 spiro atoms. The number of nitrogens with zero attached hydrogens (tertiary/aromatic N) is 1. The normalized spacial score (nSPS) is 9.90. The zero-order chi connectivity index (χ0) is 14.5. The molecule has 0 saturated heterocycles. The van der Waals surface area contributed by atoms with Crippen LogP contribution in [-0.2, 0) is 0 Å². The second-order valence-electron chi connectivity index (χ2n) is 4.11. The lowest BCUT2D eigenvalue weighted by Gasteiger charge is -2.10. The Balaban J connectivity index is 2.02. The average molecular weight is 350 g/mol. The summed E-state index contributed by atoms with van der Waals surface area (Å²) in [6.45, 7) is 1.95. The number of carbonyl (C=O) groups is 1. The number of hydrogen-bond donors (Lipinski definition) is 2. The van der Waals surface area contributed by atoms with E-state index in [1.165, 1.54) is 0 Å². The van der Waals surface area contributed by atoms with Crippen LogP contribution in [0.15, 0.2) is 47.1 Å². The highest BCUT2D eigenvalue weighted by atomic mass is 79.9. The number of aryl methyl sites for hydroxylation is 1. The molecule has 20 heavy (non-hydrogen) atoms. The van der Waals surface area contributed by atoms with Gasteiger partial charge in [-0.05, 0) is 64.9 Å². The lowest BCUT2D eigenvalue weighted by Crippen LogP contribution is -2.34. The first-order chi connectivity index (χ1) is 9.56. The lowest BCUT2D eigenvalue weighted by molar-refractivity contribution is 0.0977. The van der Waals surface area contributed by atoms with Crippen LogP contribution in [0.5, 0.6) is 0 Å². The van der Waals surface area contributed by atoms with Crippen LogP contribution < -0.4 is 10.6 Å². The predicted molar refractivity (Wildman–Crippen MR) is 86.8 cm³/mol. The fraction of sp³-hybridized carbons (Fsp3) is 0.0714. The van der Waals surface area contributed by atoms with E-state index in [-0.39, 0.29) is 11.0 Å². The molecule has 2 rings (SSSR count). The summed E-state index contributed by atoms with van der Waals surface area (Å²) in [6, 6.07) is 10.9. The fourth-order valence-corrected chi connectivity index (χ4v) is 2.23. The van der Waals surface area contributed by atoms with Gasteiger partial charge in [-0.15, -0.1) is 0 Å². The molecule has 0 aliphatic carbocycles. The van der Waals surface area contributed by atoms with Crippen molar-refractivity contribution >= 4 is 45.0 Å². The van der Waals surface area contributed by atoms with Gasteiger partial charge < -0.3 is 5.32 Å². The third-order valence-electron chi connectivity index (χ3n) is 2.50. The van der Waals surface area contributed by atoms with Crippen molar-refractivity contribution in [2.45, 2.75) is 6.92 Å². The predicted octanol–water partition coefficient (Wildman–Crippen LogP) is 3.28. The van der Waals surface area contributed by atoms with Crippen molar-refractivity contribution in [2.24, 2.45) is 0 Å². The van der Waals surface area contributed by atoms with Gasteiger partial charge in [-0.25, -0.2) is 4.98 Å². The first-order valence-corrected chi connectivity index (χ1v) is 7.06. The van der Waals surface area contributed by atoms with Gasteiger partial charge in [0.15, 0.2) is 5.11 Å². The van der Waals surface area contributed by atoms with E-state index in [4.69, 9.17) is 12.2 Å². The molecule has 102 valence electrons. The SMILES string of the molecule is Cc1ccnc(NC(=S)NC(=O)c2ccccc2Br)c1. The van der Waals surface area contributed by atoms with Crippen molar-refractivity contribution < 1.29 is 4.79 Å². The van der Waals surface area contributed by atoms with Crippen LogP contribution in [0.2, 0.25) is 0 Å². The zero-order valence-electron chi connectivity index (χ0n) is 10.7. The number of carbonyl (C=O) groups excluding carboxylic acids is 1. The summed E-state index contributed by atoms with van der Waals surface area (Å²) in [5.41, 5.74) is 1.58. The minimum Gasteiger partial charge on any atom is -0.317 e. The maximum atomic E-state index is 12.0. The van der Waals surface area contributed by atoms with Crippen molar-refractivity contribution in [3.05, 3.63) is 58.2 Å². The highest BCUT2D eigenvalue weighted by molar-refractivity contribution is 9.10. The molecule has 1 amide bonds. The molecule has 1 heterocycles. The molecule has 0 radical (unpaired) electrons. The van der Waals surface area contributed by atoms with E-state index in [2.05, 4.69) is 31.5 Å². The number of aromatic nitrogens is 1. The summed E-state index contributed by atoms with van der Waals surface area (Å²) >= 11 is 8.43. The molecule has 2 N–H and O–H groups in total. The number of pyridine rings is 1. The van der Waals surface area contributed by atoms with E-state index >= 15 is 0 Å². The van der Waals surface area contributed by atoms with Crippen LogP contribution in [0.1, 0.15) is 15.9 Å². The van der Waals surface area contributed by atoms with E-state index in [1.54, 1.807) is 24.4 Å². The van der Waals surface area contributed by atoms with Crippen molar-refractivity contribution in [2.75, 3.05) is 5.32 Å². The minimum absolute atomic E-state index is 0.212. The minimum atomic E-state index is -0.275. The summed E-state index contributed by atoms with van der Waals surface area (Å²) in [5.74, 6) is 0.324. The summed E-state index contributed by atoms with van der Waals surface area (Å²) in [5, 5.41) is 5.70. The van der Waals surface area contributed by atoms with Crippen LogP contribution in [0.4, 0.5) is 5.82 Å². The number of anilines is 1. The Morgan fingerprint density at radius 2 is 2.05 bits per heavy atom. The molecule has 0 aliphatic heterocycles. The van der Waals surface area contributed by atoms with Crippen LogP contribution in [0.3, 0.4) is 0 Å². The molecule has 0 atom stereocenters. The molecule has 1 aromatic carbocycles. The van der Waals surface area contributed by atoms with Gasteiger partial charge in [0, 0.05) is 10.7 Å². The van der Waals surface area contributed by atoms with Crippen molar-refractivity contribution in [1.29, 1.82) is 0 Å². The Morgan fingerprint density at radius 1 is 1.30 bits per heavy atom. The van der Waals surface area contributed by atoms with Crippen LogP contribution in [0.25, 0.3) is 0 Å². The molecule has 0 unspecified atom stereocenters. The fourth-order valence-electron chi connectivity index (χ4n) is 1.57. The van der Waals surface area contributed by atoms with Gasteiger partial charge in [-0.3, -0.25) is 10.1 Å². The third kappa shape index (κ3) is 3.85. The standard InChI is InChI=1S/C14H12BrN3OS/c1-9-6-7-16-12(8-9)17-14(20)18-13(19)10-4-2-3-5-11(10)15/h2-8H,1H3,(H2,16,17,18,19,20). The highest BCUT2D eigenvalue weighted by Crippen LogP contribution is 2.15. The third-order valence-corrected chi connectivity index (χ3v) is 3.40. The van der Waals surface area contributed by atoms with Gasteiger partial charge in [-0.2, -0.15) is 0 Å². The summed E-state index contributed by atoms with van der Waals surface area (Å²) in [6.07, 6.45) is 1.68. The molecule has 0 fully saturated rings. The second-order valence-corrected chi connectivity index (χ2v) is 5.37. The number of halogens is 1. The Morgan fingerprint density at radius 3 is 2.75 bits per heavy atom. The number of rotatable bonds is 2. The first kappa shape index (κ1) is 14.6. The second kappa shape index (κ2) is 6.58. The smallest absolute Gasteiger partial charge is 0.258 e. The van der Waals surface area contributed by atoms with E-state index < -0.39 is 0 Å². The van der Waals surface area contributed by atoms with Gasteiger partial charge in [-0.1, -0.05) is 12.1 Å². The van der Waals surface area contributed by atoms with Crippen molar-refractivity contribution in [1.82, 2.24) is 10.3 Å². The summed E-state index contributed by atoms with van der Waals surface area (Å²) < 4.78 is 0.717. The van der Waals surface area contributed by atoms with Gasteiger partial charge in [0.1, 0.15) is 5.82 Å². The summed E-state index contributed by atoms with van der Waals surface area (Å²) in [4.78, 5) is 16.2. The molecule has 4 nitrogen and oxygen atoms in total. The quantitative estimate of drug-likeness (QED) is 0.817. The van der Waals surface area contributed by atoms with Crippen molar-refractivity contribution in [3.8, 4) is 0 Å². The molecular weight excluding hydrogens is 338 g/mol. The van der Waals surface area contributed by atoms with Crippen molar-refractivity contribution in [3.63, 3.8) is 0 Å². The number of hydrogen-bond acceptors (Lipinski definition) is 3. The first-order valence-electron chi connectivity index (χ1n) is 5.86. The lowest BCUT2D eigenvalue weighted by atomic mass is 10.2. The van der Waals surface area contributed by atoms with Gasteiger partial charge >= 0.3 is 0 Å². The number of nitrogens with one attached hydrogen (secondary N) is 2. The number of thiocarbonyl (C=S) groups is 1. The van der Waals surface area contributed by atoms with E-state index in [9.17, 15) is 4.79 Å². The Hall–Kier alpha value is -1.79. The average Bonchev–Trinajstić information content (AvgIpc) is 2.38.